The van der Waals surface area contributed by atoms with Crippen LogP contribution in [0.5, 0.6) is 0 Å². The van der Waals surface area contributed by atoms with Crippen LogP contribution in [0.3, 0.4) is 0 Å². The molecular weight excluding hydrogens is 279 g/mol. The molecule has 58 valence electrons. The monoisotopic (exact) mass is 296 g/mol. The molecule has 9 heavy (non-hydrogen) atoms. The van der Waals surface area contributed by atoms with Gasteiger partial charge in [-0.15, -0.1) is 0 Å². The molecule has 9 heteroatoms. The Morgan fingerprint density at radius 3 is 1.44 bits per heavy atom. The Bertz CT molecular complexity index is 103. The van der Waals surface area contributed by atoms with Crippen molar-refractivity contribution in [3.63, 3.8) is 0 Å². The van der Waals surface area contributed by atoms with Crippen LogP contribution in [0.25, 0.3) is 0 Å². The van der Waals surface area contributed by atoms with E-state index in [4.69, 9.17) is 2.56 Å². The Morgan fingerprint density at radius 1 is 1.11 bits per heavy atom. The zero-order valence-electron chi connectivity index (χ0n) is 6.73. The summed E-state index contributed by atoms with van der Waals surface area (Å²) in [6, 6.07) is 0. The van der Waals surface area contributed by atoms with E-state index in [2.05, 4.69) is 44.6 Å². The van der Waals surface area contributed by atoms with Gasteiger partial charge in [-0.05, 0) is 0 Å². The third-order valence-electron chi connectivity index (χ3n) is 0.553. The maximum absolute atomic E-state index is 7.73. The van der Waals surface area contributed by atoms with Gasteiger partial charge in [-0.25, -0.2) is 0 Å². The van der Waals surface area contributed by atoms with Crippen molar-refractivity contribution in [2.24, 2.45) is 0 Å². The van der Waals surface area contributed by atoms with Gasteiger partial charge in [0.05, 0.1) is 0 Å². The normalized spacial score (nSPS) is 18.7. The van der Waals surface area contributed by atoms with Crippen molar-refractivity contribution >= 4 is 73.5 Å². The van der Waals surface area contributed by atoms with Gasteiger partial charge in [-0.3, -0.25) is 0 Å². The fourth-order valence-corrected chi connectivity index (χ4v) is 61.4. The Kier molecular flexibility index (Phi) is 7.64. The van der Waals surface area contributed by atoms with Gasteiger partial charge in [0.2, 0.25) is 0 Å². The van der Waals surface area contributed by atoms with Crippen molar-refractivity contribution in [3.8, 4) is 0 Å². The minimum atomic E-state index is -2.46. The summed E-state index contributed by atoms with van der Waals surface area (Å²) in [5.74, 6) is 0. The molecule has 0 nitrogen and oxygen atoms in total. The quantitative estimate of drug-likeness (QED) is 0.682. The summed E-state index contributed by atoms with van der Waals surface area (Å²) >= 11 is 0. The van der Waals surface area contributed by atoms with Gasteiger partial charge in [0.1, 0.15) is 0 Å². The van der Waals surface area contributed by atoms with E-state index < -0.39 is 14.8 Å². The molecule has 0 aromatic carbocycles. The summed E-state index contributed by atoms with van der Waals surface area (Å²) in [4.78, 5) is 0. The summed E-state index contributed by atoms with van der Waals surface area (Å²) in [5, 5.41) is 0. The summed E-state index contributed by atoms with van der Waals surface area (Å²) in [6.07, 6.45) is 0. The molecule has 0 aliphatic rings. The van der Waals surface area contributed by atoms with E-state index in [1.165, 1.54) is 0 Å². The number of hydrogen-bond acceptors (Lipinski definition) is 0. The third kappa shape index (κ3) is 6.01. The van der Waals surface area contributed by atoms with Crippen LogP contribution in [0.4, 0.5) is 0 Å². The van der Waals surface area contributed by atoms with E-state index >= 15 is 0 Å². The first-order valence-corrected chi connectivity index (χ1v) is 17.5. The molecule has 5 unspecified atom stereocenters. The maximum atomic E-state index is 7.73. The second kappa shape index (κ2) is 7.29. The summed E-state index contributed by atoms with van der Waals surface area (Å²) in [6.45, 7) is -0.883. The third-order valence-corrected chi connectivity index (χ3v) is 44.8. The fraction of sp³-hybridized carbons (Fsp3) is 0. The number of rotatable bonds is 3. The predicted molar refractivity (Wildman–Crippen MR) is 80.4 cm³/mol. The van der Waals surface area contributed by atoms with E-state index in [0.29, 0.717) is 0 Å². The average molecular weight is 296 g/mol. The van der Waals surface area contributed by atoms with Crippen molar-refractivity contribution in [2.75, 3.05) is 0 Å². The predicted octanol–water partition coefficient (Wildman–Crippen LogP) is 4.27. The Balaban J connectivity index is 4.35. The average Bonchev–Trinajstić information content (AvgIpc) is 1.54. The van der Waals surface area contributed by atoms with E-state index in [1.807, 2.05) is 0 Å². The van der Waals surface area contributed by atoms with Crippen LogP contribution in [-0.2, 0) is 0 Å². The van der Waals surface area contributed by atoms with Crippen molar-refractivity contribution in [2.45, 2.75) is 0 Å². The van der Waals surface area contributed by atoms with Crippen LogP contribution in [0, 0.1) is 0 Å². The molecule has 0 radical (unpaired) electrons. The van der Waals surface area contributed by atoms with Crippen LogP contribution < -0.4 is 0 Å². The molecule has 0 N–H and O–H groups in total. The first-order chi connectivity index (χ1) is 4.76. The molecule has 0 spiro atoms. The van der Waals surface area contributed by atoms with E-state index in [9.17, 15) is 0 Å². The van der Waals surface area contributed by atoms with Gasteiger partial charge in [-0.1, -0.05) is 0 Å². The van der Waals surface area contributed by atoms with Crippen LogP contribution in [0.2, 0.25) is 0 Å². The van der Waals surface area contributed by atoms with Crippen LogP contribution >= 0.6 is 73.5 Å². The Labute approximate surface area is 76.2 Å². The van der Waals surface area contributed by atoms with Gasteiger partial charge in [-0.2, -0.15) is 0 Å². The van der Waals surface area contributed by atoms with Crippen LogP contribution in [0.1, 0.15) is 0 Å². The topological polar surface area (TPSA) is 0 Å². The molecule has 0 aromatic rings. The second-order valence-corrected chi connectivity index (χ2v) is 31.8. The van der Waals surface area contributed by atoms with E-state index in [-0.39, 0.29) is 14.0 Å². The summed E-state index contributed by atoms with van der Waals surface area (Å²) in [5.41, 5.74) is 0. The SMILES string of the molecule is [3H][PH]([3H])(P)P(P(P)P)P(P)P. The van der Waals surface area contributed by atoms with Crippen molar-refractivity contribution in [1.29, 1.82) is 2.56 Å². The second-order valence-electron chi connectivity index (χ2n) is 1.18. The molecule has 0 aliphatic heterocycles. The van der Waals surface area contributed by atoms with Crippen molar-refractivity contribution in [1.82, 2.24) is 0 Å². The Morgan fingerprint density at radius 2 is 1.44 bits per heavy atom. The molecular formula is H13P9. The zero-order valence-corrected chi connectivity index (χ0v) is 14.2. The molecule has 0 fully saturated rings. The molecule has 0 heterocycles. The van der Waals surface area contributed by atoms with Crippen molar-refractivity contribution < 1.29 is 0 Å². The first kappa shape index (κ1) is 9.43. The molecule has 0 aliphatic carbocycles. The molecule has 0 rings (SSSR count). The minimum absolute atomic E-state index is 0.240. The van der Waals surface area contributed by atoms with Gasteiger partial charge in [0, 0.05) is 0 Å². The molecule has 0 saturated carbocycles. The van der Waals surface area contributed by atoms with Crippen molar-refractivity contribution in [3.05, 3.63) is 0 Å². The van der Waals surface area contributed by atoms with Crippen LogP contribution in [-0.4, -0.2) is 2.56 Å². The van der Waals surface area contributed by atoms with Gasteiger partial charge in [0.15, 0.2) is 0 Å². The van der Waals surface area contributed by atoms with Crippen LogP contribution in [0.15, 0.2) is 0 Å². The molecule has 0 aromatic heterocycles. The Hall–Kier alpha value is 3.87. The zero-order chi connectivity index (χ0) is 9.23. The van der Waals surface area contributed by atoms with Gasteiger partial charge >= 0.3 is 76.0 Å². The van der Waals surface area contributed by atoms with Gasteiger partial charge < -0.3 is 0 Å². The van der Waals surface area contributed by atoms with E-state index in [0.717, 1.165) is 0 Å². The summed E-state index contributed by atoms with van der Waals surface area (Å²) in [7, 11) is 11.0. The molecule has 5 atom stereocenters. The first-order valence-electron chi connectivity index (χ1n) is 2.95. The van der Waals surface area contributed by atoms with Gasteiger partial charge in [0.25, 0.3) is 0 Å². The molecule has 0 amide bonds. The molecule has 0 saturated heterocycles. The number of hydrogen-bond donors (Lipinski definition) is 0. The van der Waals surface area contributed by atoms with E-state index in [1.54, 1.807) is 0 Å². The standard InChI is InChI=1S/H13P9/c1-6-9(7(2)3)8(4)5/h1-5H2,6H3/i6T2. The molecule has 0 bridgehead atoms. The summed E-state index contributed by atoms with van der Waals surface area (Å²) < 4.78 is 15.5. The fourth-order valence-electron chi connectivity index (χ4n) is 0.253.